The zero-order valence-electron chi connectivity index (χ0n) is 15.7. The third kappa shape index (κ3) is 4.58. The van der Waals surface area contributed by atoms with Crippen LogP contribution in [-0.2, 0) is 10.5 Å². The van der Waals surface area contributed by atoms with E-state index >= 15 is 0 Å². The number of rotatable bonds is 4. The van der Waals surface area contributed by atoms with Crippen LogP contribution in [-0.4, -0.2) is 33.3 Å². The fraction of sp³-hybridized carbons (Fsp3) is 0.526. The minimum Gasteiger partial charge on any atom is -0.444 e. The Labute approximate surface area is 158 Å². The van der Waals surface area contributed by atoms with Crippen molar-refractivity contribution in [2.45, 2.75) is 63.2 Å². The van der Waals surface area contributed by atoms with Gasteiger partial charge in [0.2, 0.25) is 5.89 Å². The quantitative estimate of drug-likeness (QED) is 0.719. The molecule has 1 aromatic heterocycles. The summed E-state index contributed by atoms with van der Waals surface area (Å²) in [7, 11) is 0. The van der Waals surface area contributed by atoms with Crippen molar-refractivity contribution in [1.82, 2.24) is 15.1 Å². The van der Waals surface area contributed by atoms with E-state index in [9.17, 15) is 4.79 Å². The van der Waals surface area contributed by atoms with Gasteiger partial charge in [0.05, 0.1) is 0 Å². The molecule has 1 aromatic carbocycles. The van der Waals surface area contributed by atoms with Crippen molar-refractivity contribution in [2.75, 3.05) is 6.54 Å². The Hall–Kier alpha value is -2.02. The summed E-state index contributed by atoms with van der Waals surface area (Å²) in [4.78, 5) is 14.1. The van der Waals surface area contributed by atoms with Crippen molar-refractivity contribution in [3.8, 4) is 0 Å². The molecule has 2 aromatic rings. The first-order valence-corrected chi connectivity index (χ1v) is 9.82. The number of benzene rings is 1. The number of carbonyl (C=O) groups is 1. The smallest absolute Gasteiger partial charge is 0.410 e. The number of hydrogen-bond donors (Lipinski definition) is 0. The Morgan fingerprint density at radius 3 is 2.85 bits per heavy atom. The van der Waals surface area contributed by atoms with E-state index in [1.807, 2.05) is 32.9 Å². The summed E-state index contributed by atoms with van der Waals surface area (Å²) in [5.74, 6) is 1.26. The molecule has 1 aliphatic rings. The molecule has 0 spiro atoms. The van der Waals surface area contributed by atoms with Crippen LogP contribution in [0.25, 0.3) is 0 Å². The van der Waals surface area contributed by atoms with Crippen LogP contribution in [0.15, 0.2) is 33.9 Å². The molecule has 26 heavy (non-hydrogen) atoms. The summed E-state index contributed by atoms with van der Waals surface area (Å²) in [6, 6.07) is 8.04. The van der Waals surface area contributed by atoms with E-state index < -0.39 is 5.60 Å². The lowest BCUT2D eigenvalue weighted by molar-refractivity contribution is 0.0201. The highest BCUT2D eigenvalue weighted by Gasteiger charge is 2.36. The van der Waals surface area contributed by atoms with E-state index in [4.69, 9.17) is 9.15 Å². The van der Waals surface area contributed by atoms with Gasteiger partial charge in [0, 0.05) is 12.3 Å². The van der Waals surface area contributed by atoms with Crippen LogP contribution in [0.5, 0.6) is 0 Å². The van der Waals surface area contributed by atoms with Crippen LogP contribution < -0.4 is 0 Å². The summed E-state index contributed by atoms with van der Waals surface area (Å²) in [5, 5.41) is 8.84. The van der Waals surface area contributed by atoms with Crippen molar-refractivity contribution in [2.24, 2.45) is 0 Å². The van der Waals surface area contributed by atoms with Gasteiger partial charge in [0.15, 0.2) is 0 Å². The Balaban J connectivity index is 1.65. The van der Waals surface area contributed by atoms with Gasteiger partial charge < -0.3 is 9.15 Å². The molecule has 0 radical (unpaired) electrons. The molecule has 7 heteroatoms. The lowest BCUT2D eigenvalue weighted by Gasteiger charge is -2.27. The number of aryl methyl sites for hydroxylation is 1. The second kappa shape index (κ2) is 7.70. The first kappa shape index (κ1) is 18.8. The number of hydrogen-bond acceptors (Lipinski definition) is 6. The number of likely N-dealkylation sites (tertiary alicyclic amines) is 1. The Morgan fingerprint density at radius 1 is 1.35 bits per heavy atom. The molecular formula is C19H25N3O3S. The summed E-state index contributed by atoms with van der Waals surface area (Å²) in [6.07, 6.45) is 1.38. The number of thioether (sulfide) groups is 1. The van der Waals surface area contributed by atoms with Crippen molar-refractivity contribution >= 4 is 17.9 Å². The fourth-order valence-electron chi connectivity index (χ4n) is 2.89. The number of carbonyl (C=O) groups excluding carboxylic acids is 1. The minimum absolute atomic E-state index is 0.204. The number of nitrogens with zero attached hydrogens (tertiary/aromatic N) is 3. The molecular weight excluding hydrogens is 350 g/mol. The molecule has 0 saturated carbocycles. The fourth-order valence-corrected chi connectivity index (χ4v) is 3.73. The predicted molar refractivity (Wildman–Crippen MR) is 100.0 cm³/mol. The standard InChI is InChI=1S/C19H25N3O3S/c1-13-8-5-6-9-14(13)12-26-17-21-20-16(24-17)15-10-7-11-22(15)18(23)25-19(2,3)4/h5-6,8-9,15H,7,10-12H2,1-4H3. The third-order valence-corrected chi connectivity index (χ3v) is 5.07. The van der Waals surface area contributed by atoms with Crippen LogP contribution in [0.3, 0.4) is 0 Å². The van der Waals surface area contributed by atoms with E-state index in [0.717, 1.165) is 18.6 Å². The third-order valence-electron chi connectivity index (χ3n) is 4.20. The molecule has 140 valence electrons. The molecule has 1 atom stereocenters. The van der Waals surface area contributed by atoms with E-state index in [-0.39, 0.29) is 12.1 Å². The van der Waals surface area contributed by atoms with Gasteiger partial charge in [-0.15, -0.1) is 10.2 Å². The van der Waals surface area contributed by atoms with Gasteiger partial charge in [-0.25, -0.2) is 4.79 Å². The maximum Gasteiger partial charge on any atom is 0.410 e. The van der Waals surface area contributed by atoms with Crippen LogP contribution in [0, 0.1) is 6.92 Å². The highest BCUT2D eigenvalue weighted by Crippen LogP contribution is 2.34. The zero-order valence-corrected chi connectivity index (χ0v) is 16.5. The average molecular weight is 375 g/mol. The molecule has 3 rings (SSSR count). The monoisotopic (exact) mass is 375 g/mol. The van der Waals surface area contributed by atoms with E-state index in [0.29, 0.717) is 17.7 Å². The van der Waals surface area contributed by atoms with Crippen LogP contribution in [0.1, 0.15) is 56.7 Å². The van der Waals surface area contributed by atoms with Gasteiger partial charge in [0.1, 0.15) is 11.6 Å². The largest absolute Gasteiger partial charge is 0.444 e. The molecule has 1 fully saturated rings. The first-order valence-electron chi connectivity index (χ1n) is 8.84. The van der Waals surface area contributed by atoms with E-state index in [1.165, 1.54) is 22.9 Å². The molecule has 1 saturated heterocycles. The van der Waals surface area contributed by atoms with E-state index in [1.54, 1.807) is 4.90 Å². The van der Waals surface area contributed by atoms with E-state index in [2.05, 4.69) is 29.3 Å². The topological polar surface area (TPSA) is 68.5 Å². The van der Waals surface area contributed by atoms with Gasteiger partial charge >= 0.3 is 6.09 Å². The minimum atomic E-state index is -0.520. The van der Waals surface area contributed by atoms with Crippen LogP contribution >= 0.6 is 11.8 Å². The number of aromatic nitrogens is 2. The van der Waals surface area contributed by atoms with Crippen LogP contribution in [0.2, 0.25) is 0 Å². The molecule has 1 amide bonds. The second-order valence-corrected chi connectivity index (χ2v) is 8.38. The first-order chi connectivity index (χ1) is 12.3. The van der Waals surface area contributed by atoms with Crippen molar-refractivity contribution in [3.63, 3.8) is 0 Å². The van der Waals surface area contributed by atoms with Crippen LogP contribution in [0.4, 0.5) is 4.79 Å². The predicted octanol–water partition coefficient (Wildman–Crippen LogP) is 4.74. The average Bonchev–Trinajstić information content (AvgIpc) is 3.21. The molecule has 0 N–H and O–H groups in total. The van der Waals surface area contributed by atoms with Crippen molar-refractivity contribution in [3.05, 3.63) is 41.3 Å². The molecule has 1 unspecified atom stereocenters. The number of amides is 1. The van der Waals surface area contributed by atoms with Gasteiger partial charge in [-0.1, -0.05) is 36.0 Å². The van der Waals surface area contributed by atoms with Gasteiger partial charge in [-0.3, -0.25) is 4.90 Å². The van der Waals surface area contributed by atoms with Crippen molar-refractivity contribution < 1.29 is 13.9 Å². The summed E-state index contributed by atoms with van der Waals surface area (Å²) in [6.45, 7) is 8.33. The molecule has 2 heterocycles. The number of ether oxygens (including phenoxy) is 1. The maximum atomic E-state index is 12.4. The zero-order chi connectivity index (χ0) is 18.7. The highest BCUT2D eigenvalue weighted by atomic mass is 32.2. The normalized spacial score (nSPS) is 17.5. The lowest BCUT2D eigenvalue weighted by Crippen LogP contribution is -2.36. The highest BCUT2D eigenvalue weighted by molar-refractivity contribution is 7.98. The van der Waals surface area contributed by atoms with Gasteiger partial charge in [-0.05, 0) is 51.7 Å². The SMILES string of the molecule is Cc1ccccc1CSc1nnc(C2CCCN2C(=O)OC(C)(C)C)o1. The molecule has 1 aliphatic heterocycles. The van der Waals surface area contributed by atoms with Gasteiger partial charge in [-0.2, -0.15) is 0 Å². The molecule has 0 aliphatic carbocycles. The Kier molecular flexibility index (Phi) is 5.55. The summed E-state index contributed by atoms with van der Waals surface area (Å²) < 4.78 is 11.3. The summed E-state index contributed by atoms with van der Waals surface area (Å²) in [5.41, 5.74) is 1.97. The maximum absolute atomic E-state index is 12.4. The van der Waals surface area contributed by atoms with Crippen molar-refractivity contribution in [1.29, 1.82) is 0 Å². The van der Waals surface area contributed by atoms with Gasteiger partial charge in [0.25, 0.3) is 5.22 Å². The summed E-state index contributed by atoms with van der Waals surface area (Å²) >= 11 is 1.51. The Morgan fingerprint density at radius 2 is 2.12 bits per heavy atom. The molecule has 6 nitrogen and oxygen atoms in total. The lowest BCUT2D eigenvalue weighted by atomic mass is 10.1. The second-order valence-electron chi connectivity index (χ2n) is 7.45. The Bertz CT molecular complexity index is 769. The molecule has 0 bridgehead atoms.